The molecule has 0 saturated carbocycles. The Bertz CT molecular complexity index is 1150. The number of benzene rings is 2. The van der Waals surface area contributed by atoms with Crippen LogP contribution in [0.2, 0.25) is 0 Å². The zero-order chi connectivity index (χ0) is 21.8. The van der Waals surface area contributed by atoms with Gasteiger partial charge in [-0.1, -0.05) is 24.3 Å². The lowest BCUT2D eigenvalue weighted by atomic mass is 10.1. The molecule has 2 aromatic carbocycles. The molecule has 0 aliphatic heterocycles. The number of hydrazone groups is 1. The number of carbonyl (C=O) groups excluding carboxylic acids is 2. The zero-order valence-corrected chi connectivity index (χ0v) is 18.9. The van der Waals surface area contributed by atoms with Gasteiger partial charge in [-0.25, -0.2) is 5.43 Å². The smallest absolute Gasteiger partial charge is 0.318 e. The summed E-state index contributed by atoms with van der Waals surface area (Å²) in [5, 5.41) is 6.51. The number of aryl methyl sites for hydroxylation is 3. The van der Waals surface area contributed by atoms with Crippen molar-refractivity contribution in [2.75, 3.05) is 5.32 Å². The molecule has 0 aliphatic carbocycles. The largest absolute Gasteiger partial charge is 0.329 e. The number of carbonyl (C=O) groups is 2. The van der Waals surface area contributed by atoms with Crippen molar-refractivity contribution >= 4 is 39.6 Å². The maximum atomic E-state index is 12.1. The van der Waals surface area contributed by atoms with E-state index in [-0.39, 0.29) is 0 Å². The molecular weight excluding hydrogens is 444 g/mol. The standard InChI is InChI=1S/C23H23BrN4O2/c1-14-9-10-15(2)21(11-14)28-16(3)12-18(17(28)4)13-25-27-23(30)22(29)26-20-8-6-5-7-19(20)24/h5-13H,1-4H3,(H,26,29)(H,27,30)/b25-13-. The summed E-state index contributed by atoms with van der Waals surface area (Å²) in [4.78, 5) is 24.1. The van der Waals surface area contributed by atoms with Gasteiger partial charge < -0.3 is 9.88 Å². The number of halogens is 1. The van der Waals surface area contributed by atoms with Crippen molar-refractivity contribution in [3.05, 3.63) is 81.1 Å². The summed E-state index contributed by atoms with van der Waals surface area (Å²) in [6.45, 7) is 8.16. The highest BCUT2D eigenvalue weighted by molar-refractivity contribution is 9.10. The van der Waals surface area contributed by atoms with Crippen LogP contribution in [0.1, 0.15) is 28.1 Å². The van der Waals surface area contributed by atoms with Crippen molar-refractivity contribution in [3.63, 3.8) is 0 Å². The van der Waals surface area contributed by atoms with Gasteiger partial charge in [-0.2, -0.15) is 5.10 Å². The van der Waals surface area contributed by atoms with Gasteiger partial charge in [0.1, 0.15) is 0 Å². The van der Waals surface area contributed by atoms with Gasteiger partial charge in [-0.05, 0) is 79.0 Å². The summed E-state index contributed by atoms with van der Waals surface area (Å²) in [7, 11) is 0. The van der Waals surface area contributed by atoms with E-state index in [2.05, 4.69) is 68.4 Å². The van der Waals surface area contributed by atoms with Crippen LogP contribution in [0.3, 0.4) is 0 Å². The van der Waals surface area contributed by atoms with E-state index < -0.39 is 11.8 Å². The van der Waals surface area contributed by atoms with E-state index in [9.17, 15) is 9.59 Å². The van der Waals surface area contributed by atoms with Crippen LogP contribution in [0.15, 0.2) is 58.1 Å². The Morgan fingerprint density at radius 2 is 1.73 bits per heavy atom. The molecule has 1 heterocycles. The molecule has 7 heteroatoms. The first-order valence-electron chi connectivity index (χ1n) is 9.43. The van der Waals surface area contributed by atoms with Crippen molar-refractivity contribution < 1.29 is 9.59 Å². The molecule has 0 radical (unpaired) electrons. The third kappa shape index (κ3) is 4.68. The lowest BCUT2D eigenvalue weighted by Gasteiger charge is -2.13. The molecule has 2 amide bonds. The summed E-state index contributed by atoms with van der Waals surface area (Å²) in [6, 6.07) is 15.4. The summed E-state index contributed by atoms with van der Waals surface area (Å²) < 4.78 is 2.85. The number of hydrogen-bond donors (Lipinski definition) is 2. The molecule has 3 aromatic rings. The van der Waals surface area contributed by atoms with Crippen LogP contribution < -0.4 is 10.7 Å². The summed E-state index contributed by atoms with van der Waals surface area (Å²) in [5.41, 5.74) is 9.17. The first kappa shape index (κ1) is 21.5. The van der Waals surface area contributed by atoms with E-state index in [1.165, 1.54) is 11.1 Å². The Labute approximate surface area is 184 Å². The van der Waals surface area contributed by atoms with E-state index in [1.54, 1.807) is 24.4 Å². The maximum Gasteiger partial charge on any atom is 0.329 e. The number of anilines is 1. The van der Waals surface area contributed by atoms with Gasteiger partial charge in [0.15, 0.2) is 0 Å². The quantitative estimate of drug-likeness (QED) is 0.335. The molecule has 0 bridgehead atoms. The molecule has 3 rings (SSSR count). The first-order chi connectivity index (χ1) is 14.3. The average Bonchev–Trinajstić information content (AvgIpc) is 2.98. The van der Waals surface area contributed by atoms with Crippen LogP contribution in [0.25, 0.3) is 5.69 Å². The first-order valence-corrected chi connectivity index (χ1v) is 10.2. The molecule has 2 N–H and O–H groups in total. The van der Waals surface area contributed by atoms with E-state index in [0.29, 0.717) is 10.2 Å². The summed E-state index contributed by atoms with van der Waals surface area (Å²) >= 11 is 3.32. The minimum absolute atomic E-state index is 0.513. The van der Waals surface area contributed by atoms with E-state index in [4.69, 9.17) is 0 Å². The van der Waals surface area contributed by atoms with Crippen LogP contribution in [0, 0.1) is 27.7 Å². The number of hydrogen-bond acceptors (Lipinski definition) is 3. The predicted octanol–water partition coefficient (Wildman–Crippen LogP) is 4.56. The van der Waals surface area contributed by atoms with Crippen molar-refractivity contribution in [3.8, 4) is 5.69 Å². The van der Waals surface area contributed by atoms with Crippen molar-refractivity contribution in [2.24, 2.45) is 5.10 Å². The van der Waals surface area contributed by atoms with Crippen molar-refractivity contribution in [1.82, 2.24) is 9.99 Å². The van der Waals surface area contributed by atoms with Gasteiger partial charge >= 0.3 is 11.8 Å². The molecule has 0 atom stereocenters. The number of rotatable bonds is 4. The third-order valence-corrected chi connectivity index (χ3v) is 5.47. The fourth-order valence-corrected chi connectivity index (χ4v) is 3.59. The molecular formula is C23H23BrN4O2. The number of nitrogens with one attached hydrogen (secondary N) is 2. The Morgan fingerprint density at radius 1 is 1.00 bits per heavy atom. The van der Waals surface area contributed by atoms with E-state index in [1.807, 2.05) is 26.0 Å². The zero-order valence-electron chi connectivity index (χ0n) is 17.3. The Kier molecular flexibility index (Phi) is 6.52. The normalized spacial score (nSPS) is 11.0. The predicted molar refractivity (Wildman–Crippen MR) is 123 cm³/mol. The third-order valence-electron chi connectivity index (χ3n) is 4.77. The van der Waals surface area contributed by atoms with E-state index >= 15 is 0 Å². The second-order valence-electron chi connectivity index (χ2n) is 7.08. The molecule has 0 aliphatic rings. The maximum absolute atomic E-state index is 12.1. The molecule has 0 fully saturated rings. The van der Waals surface area contributed by atoms with Crippen molar-refractivity contribution in [1.29, 1.82) is 0 Å². The highest BCUT2D eigenvalue weighted by Gasteiger charge is 2.15. The molecule has 6 nitrogen and oxygen atoms in total. The highest BCUT2D eigenvalue weighted by Crippen LogP contribution is 2.23. The van der Waals surface area contributed by atoms with Crippen LogP contribution in [-0.4, -0.2) is 22.6 Å². The molecule has 0 spiro atoms. The second-order valence-corrected chi connectivity index (χ2v) is 7.94. The summed E-state index contributed by atoms with van der Waals surface area (Å²) in [6.07, 6.45) is 1.55. The monoisotopic (exact) mass is 466 g/mol. The molecule has 30 heavy (non-hydrogen) atoms. The SMILES string of the molecule is Cc1ccc(C)c(-n2c(C)cc(/C=N\NC(=O)C(=O)Nc3ccccc3Br)c2C)c1. The van der Waals surface area contributed by atoms with E-state index in [0.717, 1.165) is 22.6 Å². The summed E-state index contributed by atoms with van der Waals surface area (Å²) in [5.74, 6) is -1.63. The van der Waals surface area contributed by atoms with Gasteiger partial charge in [-0.15, -0.1) is 0 Å². The Balaban J connectivity index is 1.72. The lowest BCUT2D eigenvalue weighted by molar-refractivity contribution is -0.136. The van der Waals surface area contributed by atoms with Gasteiger partial charge in [0.2, 0.25) is 0 Å². The van der Waals surface area contributed by atoms with Crippen molar-refractivity contribution in [2.45, 2.75) is 27.7 Å². The highest BCUT2D eigenvalue weighted by atomic mass is 79.9. The number of aromatic nitrogens is 1. The van der Waals surface area contributed by atoms with Gasteiger partial charge in [0, 0.05) is 27.1 Å². The fraction of sp³-hybridized carbons (Fsp3) is 0.174. The number of nitrogens with zero attached hydrogens (tertiary/aromatic N) is 2. The van der Waals surface area contributed by atoms with Gasteiger partial charge in [0.25, 0.3) is 0 Å². The minimum Gasteiger partial charge on any atom is -0.318 e. The molecule has 1 aromatic heterocycles. The van der Waals surface area contributed by atoms with Gasteiger partial charge in [-0.3, -0.25) is 9.59 Å². The fourth-order valence-electron chi connectivity index (χ4n) is 3.20. The average molecular weight is 467 g/mol. The Hall–Kier alpha value is -3.19. The second kappa shape index (κ2) is 9.09. The van der Waals surface area contributed by atoms with Crippen LogP contribution in [0.4, 0.5) is 5.69 Å². The van der Waals surface area contributed by atoms with Crippen LogP contribution in [0.5, 0.6) is 0 Å². The minimum atomic E-state index is -0.842. The topological polar surface area (TPSA) is 75.5 Å². The van der Waals surface area contributed by atoms with Crippen LogP contribution >= 0.6 is 15.9 Å². The lowest BCUT2D eigenvalue weighted by Crippen LogP contribution is -2.32. The molecule has 0 unspecified atom stereocenters. The molecule has 0 saturated heterocycles. The Morgan fingerprint density at radius 3 is 2.47 bits per heavy atom. The van der Waals surface area contributed by atoms with Gasteiger partial charge in [0.05, 0.1) is 11.9 Å². The molecule has 154 valence electrons. The number of amides is 2. The number of para-hydroxylation sites is 1. The van der Waals surface area contributed by atoms with Crippen LogP contribution in [-0.2, 0) is 9.59 Å².